The third kappa shape index (κ3) is 1.98. The standard InChI is InChI=1S/C7H9N3S2/c1-2-12-7(8-1)9-3-6-4-11-5-10-6/h4-5H,1-3H2,(H,8,9). The summed E-state index contributed by atoms with van der Waals surface area (Å²) in [5, 5.41) is 6.35. The fourth-order valence-corrected chi connectivity index (χ4v) is 2.22. The van der Waals surface area contributed by atoms with E-state index in [1.165, 1.54) is 0 Å². The van der Waals surface area contributed by atoms with Gasteiger partial charge in [0.05, 0.1) is 24.3 Å². The molecule has 0 aromatic carbocycles. The van der Waals surface area contributed by atoms with Crippen LogP contribution in [0.4, 0.5) is 0 Å². The number of rotatable bonds is 2. The van der Waals surface area contributed by atoms with Crippen molar-refractivity contribution in [3.8, 4) is 0 Å². The molecule has 0 saturated heterocycles. The molecule has 12 heavy (non-hydrogen) atoms. The van der Waals surface area contributed by atoms with Gasteiger partial charge in [-0.25, -0.2) is 4.98 Å². The first-order chi connectivity index (χ1) is 5.95. The van der Waals surface area contributed by atoms with Crippen molar-refractivity contribution in [1.29, 1.82) is 0 Å². The van der Waals surface area contributed by atoms with E-state index >= 15 is 0 Å². The molecule has 3 nitrogen and oxygen atoms in total. The number of aliphatic imine (C=N–C) groups is 1. The van der Waals surface area contributed by atoms with Gasteiger partial charge in [-0.15, -0.1) is 11.3 Å². The molecule has 0 unspecified atom stereocenters. The molecule has 2 heterocycles. The van der Waals surface area contributed by atoms with Crippen LogP contribution in [0.3, 0.4) is 0 Å². The van der Waals surface area contributed by atoms with Gasteiger partial charge >= 0.3 is 0 Å². The van der Waals surface area contributed by atoms with Gasteiger partial charge in [0, 0.05) is 11.1 Å². The third-order valence-electron chi connectivity index (χ3n) is 1.49. The molecule has 5 heteroatoms. The maximum atomic E-state index is 4.28. The molecule has 1 aliphatic heterocycles. The highest BCUT2D eigenvalue weighted by atomic mass is 32.2. The molecule has 0 bridgehead atoms. The van der Waals surface area contributed by atoms with E-state index in [1.807, 2.05) is 10.9 Å². The molecule has 1 N–H and O–H groups in total. The predicted octanol–water partition coefficient (Wildman–Crippen LogP) is 1.34. The van der Waals surface area contributed by atoms with E-state index in [-0.39, 0.29) is 0 Å². The highest BCUT2D eigenvalue weighted by molar-refractivity contribution is 8.14. The minimum Gasteiger partial charge on any atom is -0.359 e. The van der Waals surface area contributed by atoms with Crippen molar-refractivity contribution < 1.29 is 0 Å². The Bertz CT molecular complexity index is 268. The second kappa shape index (κ2) is 3.91. The summed E-state index contributed by atoms with van der Waals surface area (Å²) in [4.78, 5) is 8.45. The Morgan fingerprint density at radius 2 is 2.58 bits per heavy atom. The van der Waals surface area contributed by atoms with Gasteiger partial charge in [-0.3, -0.25) is 4.99 Å². The Kier molecular flexibility index (Phi) is 2.63. The molecule has 1 aromatic rings. The lowest BCUT2D eigenvalue weighted by Crippen LogP contribution is -2.18. The minimum atomic E-state index is 0.801. The summed E-state index contributed by atoms with van der Waals surface area (Å²) in [5.74, 6) is 1.11. The first kappa shape index (κ1) is 8.07. The summed E-state index contributed by atoms with van der Waals surface area (Å²) < 4.78 is 0. The zero-order valence-corrected chi connectivity index (χ0v) is 8.12. The van der Waals surface area contributed by atoms with Crippen LogP contribution in [0, 0.1) is 0 Å². The molecule has 0 spiro atoms. The fourth-order valence-electron chi connectivity index (χ4n) is 0.933. The zero-order valence-electron chi connectivity index (χ0n) is 6.49. The number of hydrogen-bond donors (Lipinski definition) is 1. The van der Waals surface area contributed by atoms with Gasteiger partial charge in [0.1, 0.15) is 0 Å². The van der Waals surface area contributed by atoms with Gasteiger partial charge in [0.25, 0.3) is 0 Å². The molecule has 0 aliphatic carbocycles. The number of hydrogen-bond acceptors (Lipinski definition) is 5. The van der Waals surface area contributed by atoms with Crippen LogP contribution < -0.4 is 5.32 Å². The van der Waals surface area contributed by atoms with Gasteiger partial charge in [-0.2, -0.15) is 0 Å². The van der Waals surface area contributed by atoms with Crippen molar-refractivity contribution in [3.05, 3.63) is 16.6 Å². The van der Waals surface area contributed by atoms with Crippen molar-refractivity contribution in [3.63, 3.8) is 0 Å². The minimum absolute atomic E-state index is 0.801. The van der Waals surface area contributed by atoms with E-state index < -0.39 is 0 Å². The summed E-state index contributed by atoms with van der Waals surface area (Å²) in [7, 11) is 0. The van der Waals surface area contributed by atoms with Crippen LogP contribution in [-0.4, -0.2) is 22.4 Å². The second-order valence-corrected chi connectivity index (χ2v) is 4.17. The van der Waals surface area contributed by atoms with E-state index in [2.05, 4.69) is 15.3 Å². The van der Waals surface area contributed by atoms with Crippen LogP contribution >= 0.6 is 23.1 Å². The smallest absolute Gasteiger partial charge is 0.156 e. The molecule has 0 radical (unpaired) electrons. The van der Waals surface area contributed by atoms with Gasteiger partial charge < -0.3 is 5.32 Å². The quantitative estimate of drug-likeness (QED) is 0.781. The molecule has 1 aromatic heterocycles. The Morgan fingerprint density at radius 3 is 3.25 bits per heavy atom. The Balaban J connectivity index is 1.82. The summed E-state index contributed by atoms with van der Waals surface area (Å²) in [6.45, 7) is 1.75. The summed E-state index contributed by atoms with van der Waals surface area (Å²) >= 11 is 3.40. The van der Waals surface area contributed by atoms with Crippen LogP contribution in [0.1, 0.15) is 5.69 Å². The van der Waals surface area contributed by atoms with Gasteiger partial charge in [0.15, 0.2) is 5.17 Å². The molecule has 0 fully saturated rings. The molecule has 64 valence electrons. The van der Waals surface area contributed by atoms with E-state index in [0.29, 0.717) is 0 Å². The predicted molar refractivity (Wildman–Crippen MR) is 53.7 cm³/mol. The first-order valence-electron chi connectivity index (χ1n) is 3.73. The van der Waals surface area contributed by atoms with Crippen molar-refractivity contribution in [2.45, 2.75) is 6.54 Å². The molecule has 0 atom stereocenters. The largest absolute Gasteiger partial charge is 0.359 e. The van der Waals surface area contributed by atoms with Crippen molar-refractivity contribution in [2.75, 3.05) is 12.3 Å². The second-order valence-electron chi connectivity index (χ2n) is 2.37. The molecular formula is C7H9N3S2. The Morgan fingerprint density at radius 1 is 1.58 bits per heavy atom. The normalized spacial score (nSPS) is 16.2. The molecule has 1 aliphatic rings. The maximum Gasteiger partial charge on any atom is 0.156 e. The average molecular weight is 199 g/mol. The Labute approximate surface area is 79.3 Å². The number of nitrogens with zero attached hydrogens (tertiary/aromatic N) is 2. The van der Waals surface area contributed by atoms with E-state index in [1.54, 1.807) is 23.1 Å². The number of thiazole rings is 1. The molecule has 0 saturated carbocycles. The number of nitrogens with one attached hydrogen (secondary N) is 1. The van der Waals surface area contributed by atoms with Gasteiger partial charge in [-0.1, -0.05) is 11.8 Å². The lowest BCUT2D eigenvalue weighted by Gasteiger charge is -2.00. The average Bonchev–Trinajstić information content (AvgIpc) is 2.74. The number of amidine groups is 1. The molecule has 2 rings (SSSR count). The lowest BCUT2D eigenvalue weighted by molar-refractivity contribution is 0.891. The van der Waals surface area contributed by atoms with Crippen LogP contribution in [0.15, 0.2) is 15.9 Å². The zero-order chi connectivity index (χ0) is 8.23. The summed E-state index contributed by atoms with van der Waals surface area (Å²) in [6, 6.07) is 0. The summed E-state index contributed by atoms with van der Waals surface area (Å²) in [5.41, 5.74) is 2.94. The summed E-state index contributed by atoms with van der Waals surface area (Å²) in [6.07, 6.45) is 0. The van der Waals surface area contributed by atoms with Crippen LogP contribution in [0.5, 0.6) is 0 Å². The van der Waals surface area contributed by atoms with Crippen molar-refractivity contribution in [1.82, 2.24) is 10.3 Å². The van der Waals surface area contributed by atoms with E-state index in [9.17, 15) is 0 Å². The highest BCUT2D eigenvalue weighted by Crippen LogP contribution is 2.09. The lowest BCUT2D eigenvalue weighted by atomic mass is 10.5. The number of thioether (sulfide) groups is 1. The fraction of sp³-hybridized carbons (Fsp3) is 0.429. The van der Waals surface area contributed by atoms with Gasteiger partial charge in [-0.05, 0) is 0 Å². The van der Waals surface area contributed by atoms with Crippen molar-refractivity contribution in [2.24, 2.45) is 4.99 Å². The van der Waals surface area contributed by atoms with Crippen LogP contribution in [0.25, 0.3) is 0 Å². The van der Waals surface area contributed by atoms with Crippen LogP contribution in [0.2, 0.25) is 0 Å². The Hall–Kier alpha value is -0.550. The van der Waals surface area contributed by atoms with Gasteiger partial charge in [0.2, 0.25) is 0 Å². The van der Waals surface area contributed by atoms with E-state index in [0.717, 1.165) is 29.7 Å². The molecule has 0 amide bonds. The maximum absolute atomic E-state index is 4.28. The SMILES string of the molecule is c1nc(CNC2=NCCS2)cs1. The third-order valence-corrected chi connectivity index (χ3v) is 3.06. The monoisotopic (exact) mass is 199 g/mol. The van der Waals surface area contributed by atoms with Crippen molar-refractivity contribution >= 4 is 28.3 Å². The highest BCUT2D eigenvalue weighted by Gasteiger charge is 2.05. The first-order valence-corrected chi connectivity index (χ1v) is 5.66. The topological polar surface area (TPSA) is 37.3 Å². The van der Waals surface area contributed by atoms with E-state index in [4.69, 9.17) is 0 Å². The number of aromatic nitrogens is 1. The molecular weight excluding hydrogens is 190 g/mol. The van der Waals surface area contributed by atoms with Crippen LogP contribution in [-0.2, 0) is 6.54 Å².